The summed E-state index contributed by atoms with van der Waals surface area (Å²) in [5.74, 6) is 0. The molecule has 2 N–H and O–H groups in total. The van der Waals surface area contributed by atoms with Crippen LogP contribution in [-0.4, -0.2) is 8.42 Å². The molecule has 1 aliphatic rings. The number of nitrogens with two attached hydrogens (primary N) is 1. The Hall–Kier alpha value is -1.62. The molecule has 24 heavy (non-hydrogen) atoms. The van der Waals surface area contributed by atoms with E-state index in [-0.39, 0.29) is 10.3 Å². The van der Waals surface area contributed by atoms with Crippen molar-refractivity contribution in [2.45, 2.75) is 31.6 Å². The van der Waals surface area contributed by atoms with Crippen LogP contribution in [0.2, 0.25) is 5.02 Å². The van der Waals surface area contributed by atoms with E-state index in [9.17, 15) is 8.42 Å². The van der Waals surface area contributed by atoms with Crippen LogP contribution in [0.1, 0.15) is 37.8 Å². The summed E-state index contributed by atoms with van der Waals surface area (Å²) >= 11 is 6.00. The smallest absolute Gasteiger partial charge is 0.225 e. The van der Waals surface area contributed by atoms with Crippen molar-refractivity contribution in [1.82, 2.24) is 0 Å². The summed E-state index contributed by atoms with van der Waals surface area (Å²) in [4.78, 5) is 0.136. The highest BCUT2D eigenvalue weighted by Gasteiger charge is 2.31. The van der Waals surface area contributed by atoms with E-state index < -0.39 is 10.0 Å². The molecule has 0 spiro atoms. The second-order valence-electron chi connectivity index (χ2n) is 7.05. The molecule has 3 nitrogen and oxygen atoms in total. The highest BCUT2D eigenvalue weighted by molar-refractivity contribution is 7.89. The van der Waals surface area contributed by atoms with Gasteiger partial charge in [0.05, 0.1) is 4.90 Å². The Bertz CT molecular complexity index is 895. The largest absolute Gasteiger partial charge is 0.238 e. The van der Waals surface area contributed by atoms with Gasteiger partial charge in [0.15, 0.2) is 0 Å². The lowest BCUT2D eigenvalue weighted by atomic mass is 9.87. The first-order valence-electron chi connectivity index (χ1n) is 7.77. The van der Waals surface area contributed by atoms with Crippen molar-refractivity contribution < 1.29 is 8.42 Å². The van der Waals surface area contributed by atoms with Gasteiger partial charge in [0.1, 0.15) is 0 Å². The first kappa shape index (κ1) is 17.2. The Morgan fingerprint density at radius 1 is 0.875 bits per heavy atom. The maximum Gasteiger partial charge on any atom is 0.238 e. The molecule has 0 saturated heterocycles. The maximum atomic E-state index is 11.4. The Kier molecular flexibility index (Phi) is 4.32. The molecule has 0 amide bonds. The number of rotatable bonds is 3. The minimum Gasteiger partial charge on any atom is -0.225 e. The molecule has 0 radical (unpaired) electrons. The molecule has 0 heterocycles. The molecule has 0 saturated carbocycles. The highest BCUT2D eigenvalue weighted by atomic mass is 35.5. The Balaban J connectivity index is 2.07. The van der Waals surface area contributed by atoms with E-state index in [2.05, 4.69) is 13.8 Å². The molecule has 1 aliphatic carbocycles. The quantitative estimate of drug-likeness (QED) is 0.859. The average molecular weight is 362 g/mol. The van der Waals surface area contributed by atoms with Gasteiger partial charge < -0.3 is 0 Å². The second kappa shape index (κ2) is 6.03. The summed E-state index contributed by atoms with van der Waals surface area (Å²) in [6.45, 7) is 4.49. The number of benzene rings is 2. The molecule has 0 bridgehead atoms. The third-order valence-electron chi connectivity index (χ3n) is 4.40. The van der Waals surface area contributed by atoms with Gasteiger partial charge in [-0.1, -0.05) is 49.7 Å². The molecule has 126 valence electrons. The summed E-state index contributed by atoms with van der Waals surface area (Å²) in [6.07, 6.45) is 1.92. The summed E-state index contributed by atoms with van der Waals surface area (Å²) in [7, 11) is -3.67. The lowest BCUT2D eigenvalue weighted by Gasteiger charge is -2.17. The molecule has 0 fully saturated rings. The van der Waals surface area contributed by atoms with E-state index in [1.807, 2.05) is 36.4 Å². The molecule has 5 heteroatoms. The van der Waals surface area contributed by atoms with Crippen LogP contribution in [0, 0.1) is 5.41 Å². The fraction of sp³-hybridized carbons (Fsp3) is 0.263. The van der Waals surface area contributed by atoms with Crippen molar-refractivity contribution in [3.63, 3.8) is 0 Å². The summed E-state index contributed by atoms with van der Waals surface area (Å²) in [5, 5.41) is 5.90. The van der Waals surface area contributed by atoms with Gasteiger partial charge in [-0.05, 0) is 64.8 Å². The fourth-order valence-corrected chi connectivity index (χ4v) is 3.92. The zero-order valence-electron chi connectivity index (χ0n) is 13.7. The Morgan fingerprint density at radius 2 is 1.29 bits per heavy atom. The third kappa shape index (κ3) is 3.56. The van der Waals surface area contributed by atoms with Gasteiger partial charge in [-0.15, -0.1) is 0 Å². The molecule has 0 unspecified atom stereocenters. The fourth-order valence-electron chi connectivity index (χ4n) is 3.28. The van der Waals surface area contributed by atoms with Gasteiger partial charge in [0, 0.05) is 5.02 Å². The predicted octanol–water partition coefficient (Wildman–Crippen LogP) is 4.72. The van der Waals surface area contributed by atoms with Crippen molar-refractivity contribution in [1.29, 1.82) is 0 Å². The van der Waals surface area contributed by atoms with Crippen LogP contribution < -0.4 is 5.14 Å². The molecular formula is C19H20ClNO2S. The highest BCUT2D eigenvalue weighted by Crippen LogP contribution is 2.49. The average Bonchev–Trinajstić information content (AvgIpc) is 2.83. The van der Waals surface area contributed by atoms with E-state index in [0.29, 0.717) is 0 Å². The van der Waals surface area contributed by atoms with Gasteiger partial charge in [0.2, 0.25) is 10.0 Å². The molecule has 2 aromatic carbocycles. The monoisotopic (exact) mass is 361 g/mol. The zero-order valence-corrected chi connectivity index (χ0v) is 15.3. The topological polar surface area (TPSA) is 60.2 Å². The zero-order chi connectivity index (χ0) is 17.5. The molecular weight excluding hydrogens is 342 g/mol. The van der Waals surface area contributed by atoms with Gasteiger partial charge in [-0.25, -0.2) is 13.6 Å². The van der Waals surface area contributed by atoms with Crippen molar-refractivity contribution in [3.8, 4) is 0 Å². The van der Waals surface area contributed by atoms with Crippen molar-refractivity contribution in [2.24, 2.45) is 10.6 Å². The van der Waals surface area contributed by atoms with Crippen LogP contribution >= 0.6 is 11.6 Å². The number of halogens is 1. The predicted molar refractivity (Wildman–Crippen MR) is 99.1 cm³/mol. The lowest BCUT2D eigenvalue weighted by Crippen LogP contribution is -2.11. The number of hydrogen-bond donors (Lipinski definition) is 1. The number of primary sulfonamides is 1. The number of allylic oxidation sites excluding steroid dienone is 2. The summed E-state index contributed by atoms with van der Waals surface area (Å²) in [5.41, 5.74) is 4.92. The van der Waals surface area contributed by atoms with Crippen LogP contribution in [0.15, 0.2) is 53.4 Å². The van der Waals surface area contributed by atoms with Crippen LogP contribution in [0.3, 0.4) is 0 Å². The number of sulfonamides is 1. The third-order valence-corrected chi connectivity index (χ3v) is 5.58. The molecule has 0 aromatic heterocycles. The minimum atomic E-state index is -3.67. The van der Waals surface area contributed by atoms with Crippen molar-refractivity contribution >= 4 is 32.8 Å². The van der Waals surface area contributed by atoms with Crippen LogP contribution in [-0.2, 0) is 10.0 Å². The van der Waals surface area contributed by atoms with E-state index in [1.54, 1.807) is 12.1 Å². The maximum absolute atomic E-state index is 11.4. The van der Waals surface area contributed by atoms with Crippen molar-refractivity contribution in [3.05, 3.63) is 64.7 Å². The molecule has 0 atom stereocenters. The van der Waals surface area contributed by atoms with Gasteiger partial charge >= 0.3 is 0 Å². The van der Waals surface area contributed by atoms with Gasteiger partial charge in [-0.2, -0.15) is 0 Å². The summed E-state index contributed by atoms with van der Waals surface area (Å²) in [6, 6.07) is 14.7. The van der Waals surface area contributed by atoms with E-state index in [1.165, 1.54) is 11.1 Å². The van der Waals surface area contributed by atoms with Gasteiger partial charge in [-0.3, -0.25) is 0 Å². The standard InChI is InChI=1S/C19H20ClNO2S/c1-19(2)11-17(13-3-7-15(20)8-4-13)18(12-19)14-5-9-16(10-6-14)24(21,22)23/h3-10H,11-12H2,1-2H3,(H2,21,22,23). The number of hydrogen-bond acceptors (Lipinski definition) is 2. The van der Waals surface area contributed by atoms with Crippen LogP contribution in [0.5, 0.6) is 0 Å². The van der Waals surface area contributed by atoms with E-state index in [0.717, 1.165) is 29.0 Å². The second-order valence-corrected chi connectivity index (χ2v) is 9.05. The van der Waals surface area contributed by atoms with Gasteiger partial charge in [0.25, 0.3) is 0 Å². The normalized spacial score (nSPS) is 17.3. The molecule has 2 aromatic rings. The minimum absolute atomic E-state index is 0.136. The Morgan fingerprint density at radius 3 is 1.71 bits per heavy atom. The molecule has 0 aliphatic heterocycles. The van der Waals surface area contributed by atoms with Crippen LogP contribution in [0.25, 0.3) is 11.1 Å². The Labute approximate surface area is 148 Å². The first-order valence-corrected chi connectivity index (χ1v) is 9.69. The SMILES string of the molecule is CC1(C)CC(c2ccc(Cl)cc2)=C(c2ccc(S(N)(=O)=O)cc2)C1. The van der Waals surface area contributed by atoms with E-state index >= 15 is 0 Å². The molecule has 3 rings (SSSR count). The first-order chi connectivity index (χ1) is 11.2. The van der Waals surface area contributed by atoms with E-state index in [4.69, 9.17) is 16.7 Å². The van der Waals surface area contributed by atoms with Crippen molar-refractivity contribution in [2.75, 3.05) is 0 Å². The van der Waals surface area contributed by atoms with Crippen LogP contribution in [0.4, 0.5) is 0 Å². The summed E-state index contributed by atoms with van der Waals surface area (Å²) < 4.78 is 22.9. The lowest BCUT2D eigenvalue weighted by molar-refractivity contribution is 0.406.